The summed E-state index contributed by atoms with van der Waals surface area (Å²) in [6.07, 6.45) is 12.6. The lowest BCUT2D eigenvalue weighted by Gasteiger charge is -2.46. The molecule has 3 fully saturated rings. The van der Waals surface area contributed by atoms with Crippen molar-refractivity contribution in [2.45, 2.75) is 76.3 Å². The van der Waals surface area contributed by atoms with Crippen molar-refractivity contribution in [1.82, 2.24) is 4.90 Å². The summed E-state index contributed by atoms with van der Waals surface area (Å²) >= 11 is 0. The van der Waals surface area contributed by atoms with Crippen LogP contribution in [0.15, 0.2) is 0 Å². The fourth-order valence-electron chi connectivity index (χ4n) is 4.54. The Morgan fingerprint density at radius 2 is 1.61 bits per heavy atom. The molecule has 3 rings (SSSR count). The smallest absolute Gasteiger partial charge is 0.136 e. The zero-order chi connectivity index (χ0) is 12.5. The molecule has 0 aromatic carbocycles. The lowest BCUT2D eigenvalue weighted by atomic mass is 9.75. The minimum atomic E-state index is 0.400. The molecule has 1 aliphatic carbocycles. The maximum absolute atomic E-state index is 12.5. The van der Waals surface area contributed by atoms with E-state index < -0.39 is 0 Å². The van der Waals surface area contributed by atoms with E-state index in [1.165, 1.54) is 44.9 Å². The Kier molecular flexibility index (Phi) is 3.74. The summed E-state index contributed by atoms with van der Waals surface area (Å²) < 4.78 is 0. The summed E-state index contributed by atoms with van der Waals surface area (Å²) in [6.45, 7) is 0. The molecule has 3 aliphatic rings. The van der Waals surface area contributed by atoms with Crippen molar-refractivity contribution in [2.24, 2.45) is 11.8 Å². The Bertz CT molecular complexity index is 294. The average molecular weight is 249 g/mol. The van der Waals surface area contributed by atoms with E-state index in [-0.39, 0.29) is 0 Å². The van der Waals surface area contributed by atoms with Crippen LogP contribution in [0.5, 0.6) is 0 Å². The van der Waals surface area contributed by atoms with E-state index in [1.54, 1.807) is 0 Å². The van der Waals surface area contributed by atoms with Crippen LogP contribution in [0.4, 0.5) is 0 Å². The zero-order valence-corrected chi connectivity index (χ0v) is 11.7. The minimum absolute atomic E-state index is 0.400. The number of piperidine rings is 2. The van der Waals surface area contributed by atoms with Gasteiger partial charge in [0.05, 0.1) is 0 Å². The van der Waals surface area contributed by atoms with Crippen LogP contribution in [0.1, 0.15) is 64.2 Å². The zero-order valence-electron chi connectivity index (χ0n) is 11.7. The van der Waals surface area contributed by atoms with Gasteiger partial charge in [-0.15, -0.1) is 0 Å². The fourth-order valence-corrected chi connectivity index (χ4v) is 4.54. The molecule has 2 unspecified atom stereocenters. The Morgan fingerprint density at radius 1 is 1.00 bits per heavy atom. The Labute approximate surface area is 111 Å². The van der Waals surface area contributed by atoms with E-state index >= 15 is 0 Å². The van der Waals surface area contributed by atoms with Gasteiger partial charge < -0.3 is 4.90 Å². The van der Waals surface area contributed by atoms with Gasteiger partial charge in [0.1, 0.15) is 5.78 Å². The summed E-state index contributed by atoms with van der Waals surface area (Å²) in [6, 6.07) is 1.41. The highest BCUT2D eigenvalue weighted by Crippen LogP contribution is 2.38. The molecule has 18 heavy (non-hydrogen) atoms. The highest BCUT2D eigenvalue weighted by atomic mass is 16.1. The Morgan fingerprint density at radius 3 is 2.22 bits per heavy atom. The van der Waals surface area contributed by atoms with Gasteiger partial charge in [-0.05, 0) is 38.6 Å². The molecule has 2 aliphatic heterocycles. The molecule has 2 saturated heterocycles. The maximum Gasteiger partial charge on any atom is 0.136 e. The fraction of sp³-hybridized carbons (Fsp3) is 0.938. The van der Waals surface area contributed by atoms with Gasteiger partial charge in [0.15, 0.2) is 0 Å². The predicted molar refractivity (Wildman–Crippen MR) is 73.5 cm³/mol. The first kappa shape index (κ1) is 12.7. The van der Waals surface area contributed by atoms with Crippen LogP contribution in [0.2, 0.25) is 0 Å². The number of hydrogen-bond acceptors (Lipinski definition) is 2. The molecule has 0 N–H and O–H groups in total. The molecule has 1 saturated carbocycles. The lowest BCUT2D eigenvalue weighted by Crippen LogP contribution is -2.51. The van der Waals surface area contributed by atoms with Gasteiger partial charge >= 0.3 is 0 Å². The van der Waals surface area contributed by atoms with Crippen molar-refractivity contribution >= 4 is 5.78 Å². The molecule has 0 amide bonds. The standard InChI is InChI=1S/C16H27NO/c1-17-14-7-4-8-15(17)11-13(10-14)16(18)9-12-5-2-3-6-12/h12-15H,2-11H2,1H3. The summed E-state index contributed by atoms with van der Waals surface area (Å²) in [5, 5.41) is 0. The number of ketones is 1. The second-order valence-corrected chi connectivity index (χ2v) is 6.89. The first-order valence-corrected chi connectivity index (χ1v) is 7.98. The first-order chi connectivity index (χ1) is 8.74. The van der Waals surface area contributed by atoms with Crippen LogP contribution in [0.25, 0.3) is 0 Å². The van der Waals surface area contributed by atoms with Crippen LogP contribution in [0, 0.1) is 11.8 Å². The second-order valence-electron chi connectivity index (χ2n) is 6.89. The molecule has 2 heteroatoms. The molecule has 2 atom stereocenters. The summed E-state index contributed by atoms with van der Waals surface area (Å²) in [7, 11) is 2.27. The molecule has 0 aromatic heterocycles. The molecule has 2 nitrogen and oxygen atoms in total. The van der Waals surface area contributed by atoms with E-state index in [1.807, 2.05) is 0 Å². The van der Waals surface area contributed by atoms with Crippen LogP contribution in [-0.4, -0.2) is 29.8 Å². The van der Waals surface area contributed by atoms with Crippen LogP contribution in [0.3, 0.4) is 0 Å². The molecule has 102 valence electrons. The predicted octanol–water partition coefficient (Wildman–Crippen LogP) is 3.40. The minimum Gasteiger partial charge on any atom is -0.300 e. The van der Waals surface area contributed by atoms with Gasteiger partial charge in [0, 0.05) is 24.4 Å². The van der Waals surface area contributed by atoms with Crippen molar-refractivity contribution in [3.63, 3.8) is 0 Å². The molecule has 2 heterocycles. The Hall–Kier alpha value is -0.370. The van der Waals surface area contributed by atoms with E-state index in [0.717, 1.165) is 25.2 Å². The van der Waals surface area contributed by atoms with Crippen molar-refractivity contribution in [3.05, 3.63) is 0 Å². The van der Waals surface area contributed by atoms with E-state index in [4.69, 9.17) is 0 Å². The van der Waals surface area contributed by atoms with Crippen molar-refractivity contribution < 1.29 is 4.79 Å². The third-order valence-electron chi connectivity index (χ3n) is 5.76. The number of rotatable bonds is 3. The van der Waals surface area contributed by atoms with Gasteiger partial charge in [-0.1, -0.05) is 32.1 Å². The molecule has 0 radical (unpaired) electrons. The van der Waals surface area contributed by atoms with E-state index in [0.29, 0.717) is 23.8 Å². The largest absolute Gasteiger partial charge is 0.300 e. The molecular weight excluding hydrogens is 222 g/mol. The van der Waals surface area contributed by atoms with Crippen LogP contribution < -0.4 is 0 Å². The van der Waals surface area contributed by atoms with Crippen molar-refractivity contribution in [3.8, 4) is 0 Å². The van der Waals surface area contributed by atoms with Gasteiger partial charge in [-0.3, -0.25) is 4.79 Å². The maximum atomic E-state index is 12.5. The third-order valence-corrected chi connectivity index (χ3v) is 5.76. The number of fused-ring (bicyclic) bond motifs is 2. The number of carbonyl (C=O) groups excluding carboxylic acids is 1. The number of nitrogens with zero attached hydrogens (tertiary/aromatic N) is 1. The van der Waals surface area contributed by atoms with Gasteiger partial charge in [-0.2, -0.15) is 0 Å². The molecule has 0 aromatic rings. The van der Waals surface area contributed by atoms with Crippen molar-refractivity contribution in [2.75, 3.05) is 7.05 Å². The van der Waals surface area contributed by atoms with Gasteiger partial charge in [0.2, 0.25) is 0 Å². The highest BCUT2D eigenvalue weighted by molar-refractivity contribution is 5.81. The van der Waals surface area contributed by atoms with Crippen LogP contribution >= 0.6 is 0 Å². The monoisotopic (exact) mass is 249 g/mol. The molecular formula is C16H27NO. The van der Waals surface area contributed by atoms with Gasteiger partial charge in [-0.25, -0.2) is 0 Å². The molecule has 0 spiro atoms. The first-order valence-electron chi connectivity index (χ1n) is 7.98. The lowest BCUT2D eigenvalue weighted by molar-refractivity contribution is -0.127. The topological polar surface area (TPSA) is 20.3 Å². The Balaban J connectivity index is 1.57. The van der Waals surface area contributed by atoms with Crippen molar-refractivity contribution in [1.29, 1.82) is 0 Å². The normalized spacial score (nSPS) is 37.9. The summed E-state index contributed by atoms with van der Waals surface area (Å²) in [5.41, 5.74) is 0. The van der Waals surface area contributed by atoms with Crippen LogP contribution in [-0.2, 0) is 4.79 Å². The molecule has 2 bridgehead atoms. The number of Topliss-reactive ketones (excluding diaryl/α,β-unsaturated/α-hetero) is 1. The van der Waals surface area contributed by atoms with E-state index in [2.05, 4.69) is 11.9 Å². The van der Waals surface area contributed by atoms with Gasteiger partial charge in [0.25, 0.3) is 0 Å². The third kappa shape index (κ3) is 2.49. The summed E-state index contributed by atoms with van der Waals surface area (Å²) in [5.74, 6) is 1.74. The second kappa shape index (κ2) is 5.32. The summed E-state index contributed by atoms with van der Waals surface area (Å²) in [4.78, 5) is 15.0. The quantitative estimate of drug-likeness (QED) is 0.764. The SMILES string of the molecule is CN1C2CCCC1CC(C(=O)CC1CCCC1)C2. The number of carbonyl (C=O) groups is 1. The number of hydrogen-bond donors (Lipinski definition) is 0. The highest BCUT2D eigenvalue weighted by Gasteiger charge is 2.38. The van der Waals surface area contributed by atoms with E-state index in [9.17, 15) is 4.79 Å². The average Bonchev–Trinajstić information content (AvgIpc) is 2.81.